The third-order valence-electron chi connectivity index (χ3n) is 4.33. The van der Waals surface area contributed by atoms with Crippen LogP contribution in [0.4, 0.5) is 4.39 Å². The van der Waals surface area contributed by atoms with E-state index in [0.717, 1.165) is 22.7 Å². The first-order chi connectivity index (χ1) is 12.8. The summed E-state index contributed by atoms with van der Waals surface area (Å²) in [6, 6.07) is 6.47. The van der Waals surface area contributed by atoms with E-state index in [2.05, 4.69) is 29.2 Å². The second-order valence-electron chi connectivity index (χ2n) is 7.03. The molecule has 1 amide bonds. The highest BCUT2D eigenvalue weighted by atomic mass is 32.1. The lowest BCUT2D eigenvalue weighted by atomic mass is 10.0. The van der Waals surface area contributed by atoms with Gasteiger partial charge in [0.2, 0.25) is 0 Å². The molecule has 0 aliphatic rings. The molecule has 1 N–H and O–H groups in total. The number of carbonyl (C=O) groups is 1. The van der Waals surface area contributed by atoms with Crippen molar-refractivity contribution >= 4 is 17.2 Å². The molecular formula is C20H23FN4OS. The summed E-state index contributed by atoms with van der Waals surface area (Å²) in [7, 11) is 1.78. The van der Waals surface area contributed by atoms with Crippen LogP contribution in [0.3, 0.4) is 0 Å². The molecule has 0 aliphatic carbocycles. The fourth-order valence-corrected chi connectivity index (χ4v) is 3.69. The average molecular weight is 386 g/mol. The summed E-state index contributed by atoms with van der Waals surface area (Å²) < 4.78 is 15.2. The van der Waals surface area contributed by atoms with Gasteiger partial charge in [0.15, 0.2) is 5.69 Å². The van der Waals surface area contributed by atoms with Crippen LogP contribution in [-0.2, 0) is 7.05 Å². The van der Waals surface area contributed by atoms with Gasteiger partial charge >= 0.3 is 0 Å². The second kappa shape index (κ2) is 8.00. The van der Waals surface area contributed by atoms with Gasteiger partial charge in [-0.1, -0.05) is 13.8 Å². The van der Waals surface area contributed by atoms with Crippen LogP contribution < -0.4 is 5.32 Å². The molecule has 2 aromatic heterocycles. The van der Waals surface area contributed by atoms with E-state index < -0.39 is 0 Å². The summed E-state index contributed by atoms with van der Waals surface area (Å²) in [5.74, 6) is -0.0731. The summed E-state index contributed by atoms with van der Waals surface area (Å²) in [5, 5.41) is 10.2. The van der Waals surface area contributed by atoms with E-state index in [0.29, 0.717) is 17.2 Å². The lowest BCUT2D eigenvalue weighted by Crippen LogP contribution is -2.29. The van der Waals surface area contributed by atoms with Crippen LogP contribution in [-0.4, -0.2) is 20.7 Å². The Balaban J connectivity index is 1.83. The third kappa shape index (κ3) is 4.42. The molecule has 0 radical (unpaired) electrons. The van der Waals surface area contributed by atoms with Crippen molar-refractivity contribution in [1.82, 2.24) is 20.1 Å². The molecule has 1 unspecified atom stereocenters. The highest BCUT2D eigenvalue weighted by molar-refractivity contribution is 7.09. The van der Waals surface area contributed by atoms with Crippen molar-refractivity contribution in [3.63, 3.8) is 0 Å². The SMILES string of the molecule is Cc1cc(-c2cc(C(=O)NC(CC(C)C)c3nccs3)nn2C)ccc1F. The molecule has 7 heteroatoms. The minimum Gasteiger partial charge on any atom is -0.341 e. The van der Waals surface area contributed by atoms with Gasteiger partial charge in [-0.25, -0.2) is 9.37 Å². The molecular weight excluding hydrogens is 363 g/mol. The molecule has 142 valence electrons. The molecule has 0 saturated carbocycles. The number of hydrogen-bond donors (Lipinski definition) is 1. The number of nitrogens with one attached hydrogen (secondary N) is 1. The number of thiazole rings is 1. The minimum absolute atomic E-state index is 0.143. The standard InChI is InChI=1S/C20H23FN4OS/c1-12(2)9-17(20-22-7-8-27-20)23-19(26)16-11-18(25(4)24-16)14-5-6-15(21)13(3)10-14/h5-8,10-12,17H,9H2,1-4H3,(H,23,26). The maximum Gasteiger partial charge on any atom is 0.272 e. The number of aryl methyl sites for hydroxylation is 2. The first-order valence-corrected chi connectivity index (χ1v) is 9.74. The maximum atomic E-state index is 13.5. The Morgan fingerprint density at radius 3 is 2.74 bits per heavy atom. The van der Waals surface area contributed by atoms with Gasteiger partial charge in [-0.15, -0.1) is 11.3 Å². The van der Waals surface area contributed by atoms with Gasteiger partial charge in [0.1, 0.15) is 10.8 Å². The first kappa shape index (κ1) is 19.2. The molecule has 1 aromatic carbocycles. The van der Waals surface area contributed by atoms with Crippen LogP contribution in [0.25, 0.3) is 11.3 Å². The number of benzene rings is 1. The van der Waals surface area contributed by atoms with Crippen molar-refractivity contribution in [3.8, 4) is 11.3 Å². The lowest BCUT2D eigenvalue weighted by Gasteiger charge is -2.17. The zero-order chi connectivity index (χ0) is 19.6. The highest BCUT2D eigenvalue weighted by Crippen LogP contribution is 2.25. The van der Waals surface area contributed by atoms with Crippen molar-refractivity contribution in [3.05, 3.63) is 57.9 Å². The zero-order valence-corrected chi connectivity index (χ0v) is 16.7. The zero-order valence-electron chi connectivity index (χ0n) is 15.9. The van der Waals surface area contributed by atoms with E-state index in [-0.39, 0.29) is 17.8 Å². The monoisotopic (exact) mass is 386 g/mol. The van der Waals surface area contributed by atoms with Crippen molar-refractivity contribution in [1.29, 1.82) is 0 Å². The highest BCUT2D eigenvalue weighted by Gasteiger charge is 2.21. The largest absolute Gasteiger partial charge is 0.341 e. The Morgan fingerprint density at radius 1 is 1.33 bits per heavy atom. The van der Waals surface area contributed by atoms with Crippen LogP contribution in [0.1, 0.15) is 47.4 Å². The number of carbonyl (C=O) groups excluding carboxylic acids is 1. The van der Waals surface area contributed by atoms with Crippen LogP contribution in [0.2, 0.25) is 0 Å². The van der Waals surface area contributed by atoms with Crippen molar-refractivity contribution in [2.75, 3.05) is 0 Å². The van der Waals surface area contributed by atoms with Crippen molar-refractivity contribution < 1.29 is 9.18 Å². The van der Waals surface area contributed by atoms with Gasteiger partial charge in [0.25, 0.3) is 5.91 Å². The predicted molar refractivity (Wildman–Crippen MR) is 105 cm³/mol. The molecule has 0 aliphatic heterocycles. The maximum absolute atomic E-state index is 13.5. The van der Waals surface area contributed by atoms with Crippen LogP contribution >= 0.6 is 11.3 Å². The van der Waals surface area contributed by atoms with Gasteiger partial charge in [0.05, 0.1) is 11.7 Å². The Morgan fingerprint density at radius 2 is 2.11 bits per heavy atom. The fourth-order valence-electron chi connectivity index (χ4n) is 2.98. The van der Waals surface area contributed by atoms with Gasteiger partial charge in [-0.05, 0) is 49.1 Å². The molecule has 3 rings (SSSR count). The summed E-state index contributed by atoms with van der Waals surface area (Å²) in [4.78, 5) is 17.1. The lowest BCUT2D eigenvalue weighted by molar-refractivity contribution is 0.0926. The first-order valence-electron chi connectivity index (χ1n) is 8.86. The summed E-state index contributed by atoms with van der Waals surface area (Å²) in [6.07, 6.45) is 2.55. The van der Waals surface area contributed by atoms with Gasteiger partial charge < -0.3 is 5.32 Å². The number of amides is 1. The van der Waals surface area contributed by atoms with Gasteiger partial charge in [-0.2, -0.15) is 5.10 Å². The quantitative estimate of drug-likeness (QED) is 0.678. The molecule has 3 aromatic rings. The van der Waals surface area contributed by atoms with E-state index in [1.54, 1.807) is 43.0 Å². The topological polar surface area (TPSA) is 59.8 Å². The number of nitrogens with zero attached hydrogens (tertiary/aromatic N) is 3. The van der Waals surface area contributed by atoms with E-state index >= 15 is 0 Å². The molecule has 0 fully saturated rings. The van der Waals surface area contributed by atoms with Crippen LogP contribution in [0, 0.1) is 18.7 Å². The second-order valence-corrected chi connectivity index (χ2v) is 7.95. The predicted octanol–water partition coefficient (Wildman–Crippen LogP) is 4.51. The fraction of sp³-hybridized carbons (Fsp3) is 0.350. The van der Waals surface area contributed by atoms with Crippen LogP contribution in [0.15, 0.2) is 35.8 Å². The van der Waals surface area contributed by atoms with Gasteiger partial charge in [-0.3, -0.25) is 9.48 Å². The van der Waals surface area contributed by atoms with Crippen molar-refractivity contribution in [2.45, 2.75) is 33.2 Å². The summed E-state index contributed by atoms with van der Waals surface area (Å²) in [5.41, 5.74) is 2.47. The normalized spacial score (nSPS) is 12.4. The van der Waals surface area contributed by atoms with Crippen LogP contribution in [0.5, 0.6) is 0 Å². The molecule has 0 spiro atoms. The van der Waals surface area contributed by atoms with Crippen molar-refractivity contribution in [2.24, 2.45) is 13.0 Å². The molecule has 1 atom stereocenters. The Kier molecular flexibility index (Phi) is 5.70. The van der Waals surface area contributed by atoms with Gasteiger partial charge in [0, 0.05) is 24.2 Å². The summed E-state index contributed by atoms with van der Waals surface area (Å²) in [6.45, 7) is 5.94. The third-order valence-corrected chi connectivity index (χ3v) is 5.22. The Bertz CT molecular complexity index is 934. The summed E-state index contributed by atoms with van der Waals surface area (Å²) >= 11 is 1.53. The average Bonchev–Trinajstić information content (AvgIpc) is 3.26. The molecule has 2 heterocycles. The van der Waals surface area contributed by atoms with E-state index in [1.165, 1.54) is 17.4 Å². The van der Waals surface area contributed by atoms with E-state index in [4.69, 9.17) is 0 Å². The number of hydrogen-bond acceptors (Lipinski definition) is 4. The minimum atomic E-state index is -0.251. The Labute approximate surface area is 162 Å². The Hall–Kier alpha value is -2.54. The molecule has 27 heavy (non-hydrogen) atoms. The smallest absolute Gasteiger partial charge is 0.272 e. The van der Waals surface area contributed by atoms with E-state index in [9.17, 15) is 9.18 Å². The number of rotatable bonds is 6. The number of halogens is 1. The molecule has 0 saturated heterocycles. The number of aromatic nitrogens is 3. The van der Waals surface area contributed by atoms with E-state index in [1.807, 2.05) is 5.38 Å². The molecule has 0 bridgehead atoms. The molecule has 5 nitrogen and oxygen atoms in total.